The normalized spacial score (nSPS) is 16.6. The Balaban J connectivity index is 1.85. The number of nitrogens with two attached hydrogens (primary N) is 1. The van der Waals surface area contributed by atoms with Crippen molar-refractivity contribution in [2.45, 2.75) is 12.3 Å². The smallest absolute Gasteiger partial charge is 0.370 e. The number of fused-ring (bicyclic) bond motifs is 1. The maximum absolute atomic E-state index is 13.4. The number of pyridine rings is 1. The number of halogens is 3. The highest BCUT2D eigenvalue weighted by Crippen LogP contribution is 2.37. The van der Waals surface area contributed by atoms with Crippen molar-refractivity contribution in [3.8, 4) is 11.4 Å². The summed E-state index contributed by atoms with van der Waals surface area (Å²) >= 11 is 0. The number of hydrogen-bond acceptors (Lipinski definition) is 6. The van der Waals surface area contributed by atoms with Gasteiger partial charge in [0.15, 0.2) is 17.9 Å². The standard InChI is InChI=1S/C16H12F3N7/c17-16(18,19)11-4-2-1-3-10(11)13-23-14(20)24-15-22-12(25-26(13)15)9-5-7-21-8-6-9/h1-8,13H,(H3,20,22,23,24,25). The van der Waals surface area contributed by atoms with E-state index in [-0.39, 0.29) is 17.5 Å². The molecule has 1 aromatic carbocycles. The van der Waals surface area contributed by atoms with E-state index in [1.165, 1.54) is 22.9 Å². The van der Waals surface area contributed by atoms with Crippen LogP contribution in [0.4, 0.5) is 19.1 Å². The molecule has 3 heterocycles. The molecule has 1 unspecified atom stereocenters. The number of nitrogens with one attached hydrogen (secondary N) is 1. The van der Waals surface area contributed by atoms with Gasteiger partial charge in [0.1, 0.15) is 0 Å². The summed E-state index contributed by atoms with van der Waals surface area (Å²) < 4.78 is 41.5. The maximum atomic E-state index is 13.4. The average molecular weight is 359 g/mol. The summed E-state index contributed by atoms with van der Waals surface area (Å²) in [5.74, 6) is 0.508. The number of alkyl halides is 3. The van der Waals surface area contributed by atoms with Gasteiger partial charge < -0.3 is 5.73 Å². The zero-order chi connectivity index (χ0) is 18.3. The van der Waals surface area contributed by atoms with Crippen LogP contribution in [0, 0.1) is 0 Å². The molecule has 4 rings (SSSR count). The highest BCUT2D eigenvalue weighted by Gasteiger charge is 2.37. The van der Waals surface area contributed by atoms with E-state index in [0.29, 0.717) is 11.4 Å². The summed E-state index contributed by atoms with van der Waals surface area (Å²) in [6.07, 6.45) is -2.46. The molecule has 1 aliphatic heterocycles. The van der Waals surface area contributed by atoms with E-state index in [2.05, 4.69) is 25.4 Å². The van der Waals surface area contributed by atoms with Crippen LogP contribution in [-0.2, 0) is 6.18 Å². The minimum absolute atomic E-state index is 0.0341. The third-order valence-corrected chi connectivity index (χ3v) is 3.85. The van der Waals surface area contributed by atoms with Gasteiger partial charge in [-0.25, -0.2) is 9.67 Å². The molecule has 7 nitrogen and oxygen atoms in total. The number of rotatable bonds is 2. The van der Waals surface area contributed by atoms with Gasteiger partial charge in [-0.3, -0.25) is 10.3 Å². The molecule has 3 aromatic rings. The number of benzene rings is 1. The van der Waals surface area contributed by atoms with E-state index >= 15 is 0 Å². The van der Waals surface area contributed by atoms with E-state index in [1.807, 2.05) is 0 Å². The fourth-order valence-electron chi connectivity index (χ4n) is 2.72. The van der Waals surface area contributed by atoms with Crippen LogP contribution < -0.4 is 11.1 Å². The minimum atomic E-state index is -4.53. The second-order valence-corrected chi connectivity index (χ2v) is 5.54. The van der Waals surface area contributed by atoms with E-state index in [0.717, 1.165) is 6.07 Å². The van der Waals surface area contributed by atoms with E-state index in [1.54, 1.807) is 24.5 Å². The number of aliphatic imine (C=N–C) groups is 1. The van der Waals surface area contributed by atoms with Crippen LogP contribution in [0.5, 0.6) is 0 Å². The molecule has 132 valence electrons. The Hall–Kier alpha value is -3.43. The fraction of sp³-hybridized carbons (Fsp3) is 0.125. The van der Waals surface area contributed by atoms with Gasteiger partial charge in [0.25, 0.3) is 0 Å². The van der Waals surface area contributed by atoms with E-state index in [4.69, 9.17) is 5.73 Å². The number of nitrogens with zero attached hydrogens (tertiary/aromatic N) is 5. The highest BCUT2D eigenvalue weighted by molar-refractivity contribution is 5.92. The molecule has 0 amide bonds. The van der Waals surface area contributed by atoms with Crippen LogP contribution in [0.15, 0.2) is 53.8 Å². The monoisotopic (exact) mass is 359 g/mol. The molecule has 26 heavy (non-hydrogen) atoms. The van der Waals surface area contributed by atoms with Crippen LogP contribution in [0.2, 0.25) is 0 Å². The van der Waals surface area contributed by atoms with Crippen molar-refractivity contribution in [2.75, 3.05) is 5.32 Å². The third kappa shape index (κ3) is 2.75. The minimum Gasteiger partial charge on any atom is -0.370 e. The average Bonchev–Trinajstić information content (AvgIpc) is 3.05. The van der Waals surface area contributed by atoms with Crippen LogP contribution >= 0.6 is 0 Å². The van der Waals surface area contributed by atoms with Crippen LogP contribution in [0.25, 0.3) is 11.4 Å². The van der Waals surface area contributed by atoms with Gasteiger partial charge in [0.2, 0.25) is 5.95 Å². The Morgan fingerprint density at radius 2 is 1.81 bits per heavy atom. The molecule has 2 aromatic heterocycles. The highest BCUT2D eigenvalue weighted by atomic mass is 19.4. The molecule has 0 saturated heterocycles. The Morgan fingerprint density at radius 1 is 1.08 bits per heavy atom. The molecular formula is C16H12F3N7. The first kappa shape index (κ1) is 16.1. The zero-order valence-corrected chi connectivity index (χ0v) is 13.1. The van der Waals surface area contributed by atoms with Crippen LogP contribution in [0.1, 0.15) is 17.3 Å². The third-order valence-electron chi connectivity index (χ3n) is 3.85. The first-order valence-corrected chi connectivity index (χ1v) is 7.57. The summed E-state index contributed by atoms with van der Waals surface area (Å²) in [6, 6.07) is 8.59. The Morgan fingerprint density at radius 3 is 2.54 bits per heavy atom. The lowest BCUT2D eigenvalue weighted by Gasteiger charge is -2.23. The fourth-order valence-corrected chi connectivity index (χ4v) is 2.72. The lowest BCUT2D eigenvalue weighted by atomic mass is 10.0. The molecule has 0 bridgehead atoms. The number of hydrogen-bond donors (Lipinski definition) is 2. The molecule has 0 spiro atoms. The molecule has 0 fully saturated rings. The predicted octanol–water partition coefficient (Wildman–Crippen LogP) is 2.65. The van der Waals surface area contributed by atoms with Crippen LogP contribution in [-0.4, -0.2) is 25.7 Å². The topological polar surface area (TPSA) is 94.0 Å². The van der Waals surface area contributed by atoms with Crippen molar-refractivity contribution < 1.29 is 13.2 Å². The van der Waals surface area contributed by atoms with E-state index < -0.39 is 17.9 Å². The molecular weight excluding hydrogens is 347 g/mol. The van der Waals surface area contributed by atoms with Gasteiger partial charge in [0.05, 0.1) is 5.56 Å². The van der Waals surface area contributed by atoms with Gasteiger partial charge in [-0.15, -0.1) is 5.10 Å². The van der Waals surface area contributed by atoms with Crippen molar-refractivity contribution in [1.82, 2.24) is 19.7 Å². The zero-order valence-electron chi connectivity index (χ0n) is 13.1. The number of guanidine groups is 1. The van der Waals surface area contributed by atoms with Gasteiger partial charge in [-0.2, -0.15) is 18.2 Å². The molecule has 0 aliphatic carbocycles. The van der Waals surface area contributed by atoms with Gasteiger partial charge >= 0.3 is 6.18 Å². The summed E-state index contributed by atoms with van der Waals surface area (Å²) in [6.45, 7) is 0. The first-order valence-electron chi connectivity index (χ1n) is 7.57. The van der Waals surface area contributed by atoms with Crippen molar-refractivity contribution >= 4 is 11.9 Å². The first-order chi connectivity index (χ1) is 12.4. The summed E-state index contributed by atoms with van der Waals surface area (Å²) in [4.78, 5) is 12.3. The number of aromatic nitrogens is 4. The van der Waals surface area contributed by atoms with Crippen molar-refractivity contribution in [3.63, 3.8) is 0 Å². The lowest BCUT2D eigenvalue weighted by molar-refractivity contribution is -0.138. The van der Waals surface area contributed by atoms with Gasteiger partial charge in [0, 0.05) is 23.5 Å². The molecule has 1 aliphatic rings. The molecule has 0 saturated carbocycles. The lowest BCUT2D eigenvalue weighted by Crippen LogP contribution is -2.32. The summed E-state index contributed by atoms with van der Waals surface area (Å²) in [5.41, 5.74) is 5.57. The largest absolute Gasteiger partial charge is 0.416 e. The van der Waals surface area contributed by atoms with Crippen LogP contribution in [0.3, 0.4) is 0 Å². The Kier molecular flexibility index (Phi) is 3.60. The van der Waals surface area contributed by atoms with Gasteiger partial charge in [-0.1, -0.05) is 18.2 Å². The second kappa shape index (κ2) is 5.83. The van der Waals surface area contributed by atoms with Gasteiger partial charge in [-0.05, 0) is 18.2 Å². The molecule has 3 N–H and O–H groups in total. The molecule has 1 atom stereocenters. The van der Waals surface area contributed by atoms with Crippen molar-refractivity contribution in [3.05, 3.63) is 59.9 Å². The summed E-state index contributed by atoms with van der Waals surface area (Å²) in [5, 5.41) is 7.05. The molecule has 10 heteroatoms. The second-order valence-electron chi connectivity index (χ2n) is 5.54. The molecule has 0 radical (unpaired) electrons. The predicted molar refractivity (Wildman–Crippen MR) is 88.1 cm³/mol. The number of anilines is 1. The quantitative estimate of drug-likeness (QED) is 0.734. The SMILES string of the molecule is NC1=NC(c2ccccc2C(F)(F)F)n2nc(-c3ccncc3)nc2N1. The Bertz CT molecular complexity index is 979. The van der Waals surface area contributed by atoms with Crippen molar-refractivity contribution in [1.29, 1.82) is 0 Å². The van der Waals surface area contributed by atoms with Crippen molar-refractivity contribution in [2.24, 2.45) is 10.7 Å². The Labute approximate surface area is 145 Å². The van der Waals surface area contributed by atoms with E-state index in [9.17, 15) is 13.2 Å². The summed E-state index contributed by atoms with van der Waals surface area (Å²) in [7, 11) is 0. The maximum Gasteiger partial charge on any atom is 0.416 e.